The monoisotopic (exact) mass is 232 g/mol. The first kappa shape index (κ1) is 15.4. The predicted molar refractivity (Wildman–Crippen MR) is 62.1 cm³/mol. The maximum Gasteiger partial charge on any atom is 0.311 e. The average molecular weight is 232 g/mol. The number of hydrogen-bond donors (Lipinski definition) is 1. The summed E-state index contributed by atoms with van der Waals surface area (Å²) in [5.41, 5.74) is -1.11. The van der Waals surface area contributed by atoms with E-state index >= 15 is 0 Å². The van der Waals surface area contributed by atoms with Gasteiger partial charge in [-0.1, -0.05) is 20.3 Å². The summed E-state index contributed by atoms with van der Waals surface area (Å²) < 4.78 is 9.99. The molecule has 0 fully saturated rings. The molecule has 0 bridgehead atoms. The minimum atomic E-state index is -1.11. The van der Waals surface area contributed by atoms with Gasteiger partial charge in [0.2, 0.25) is 0 Å². The molecule has 0 heterocycles. The third-order valence-electron chi connectivity index (χ3n) is 2.80. The summed E-state index contributed by atoms with van der Waals surface area (Å²) in [7, 11) is 1.52. The molecule has 4 heteroatoms. The van der Waals surface area contributed by atoms with Gasteiger partial charge in [-0.3, -0.25) is 4.79 Å². The molecule has 0 radical (unpaired) electrons. The fraction of sp³-hybridized carbons (Fsp3) is 0.917. The zero-order valence-corrected chi connectivity index (χ0v) is 10.8. The summed E-state index contributed by atoms with van der Waals surface area (Å²) in [5, 5.41) is 10.4. The topological polar surface area (TPSA) is 55.8 Å². The fourth-order valence-electron chi connectivity index (χ4n) is 1.84. The lowest BCUT2D eigenvalue weighted by molar-refractivity contribution is -0.164. The Morgan fingerprint density at radius 2 is 2.00 bits per heavy atom. The molecule has 0 saturated carbocycles. The Hall–Kier alpha value is -0.610. The smallest absolute Gasteiger partial charge is 0.311 e. The van der Waals surface area contributed by atoms with Gasteiger partial charge in [0, 0.05) is 7.11 Å². The molecule has 0 rings (SSSR count). The Labute approximate surface area is 97.9 Å². The van der Waals surface area contributed by atoms with Crippen molar-refractivity contribution in [2.75, 3.05) is 20.3 Å². The number of esters is 1. The van der Waals surface area contributed by atoms with Crippen LogP contribution < -0.4 is 0 Å². The van der Waals surface area contributed by atoms with E-state index in [1.165, 1.54) is 7.11 Å². The van der Waals surface area contributed by atoms with E-state index in [1.807, 2.05) is 13.8 Å². The maximum absolute atomic E-state index is 11.8. The lowest BCUT2D eigenvalue weighted by atomic mass is 9.82. The fourth-order valence-corrected chi connectivity index (χ4v) is 1.84. The second-order valence-corrected chi connectivity index (χ2v) is 3.98. The van der Waals surface area contributed by atoms with Gasteiger partial charge >= 0.3 is 5.97 Å². The highest BCUT2D eigenvalue weighted by molar-refractivity contribution is 5.73. The van der Waals surface area contributed by atoms with Crippen LogP contribution in [0.2, 0.25) is 0 Å². The van der Waals surface area contributed by atoms with Crippen LogP contribution in [0.5, 0.6) is 0 Å². The second kappa shape index (κ2) is 7.63. The van der Waals surface area contributed by atoms with E-state index in [4.69, 9.17) is 9.47 Å². The van der Waals surface area contributed by atoms with Crippen LogP contribution in [0.1, 0.15) is 40.0 Å². The maximum atomic E-state index is 11.8. The van der Waals surface area contributed by atoms with Crippen molar-refractivity contribution in [3.8, 4) is 0 Å². The van der Waals surface area contributed by atoms with Crippen molar-refractivity contribution in [3.63, 3.8) is 0 Å². The first-order chi connectivity index (χ1) is 7.55. The number of carbonyl (C=O) groups is 1. The summed E-state index contributed by atoms with van der Waals surface area (Å²) in [6, 6.07) is 0. The molecule has 0 amide bonds. The van der Waals surface area contributed by atoms with E-state index in [0.29, 0.717) is 19.4 Å². The summed E-state index contributed by atoms with van der Waals surface area (Å²) in [6.07, 6.45) is 1.92. The SMILES string of the molecule is CCCC(C(=O)OCC)C(O)(CC)COC. The highest BCUT2D eigenvalue weighted by Gasteiger charge is 2.40. The van der Waals surface area contributed by atoms with Crippen molar-refractivity contribution in [1.82, 2.24) is 0 Å². The van der Waals surface area contributed by atoms with Gasteiger partial charge in [0.15, 0.2) is 0 Å². The molecule has 96 valence electrons. The minimum Gasteiger partial charge on any atom is -0.466 e. The van der Waals surface area contributed by atoms with Gasteiger partial charge in [-0.2, -0.15) is 0 Å². The molecule has 2 unspecified atom stereocenters. The standard InChI is InChI=1S/C12H24O4/c1-5-8-10(11(13)16-7-3)12(14,6-2)9-15-4/h10,14H,5-9H2,1-4H3. The van der Waals surface area contributed by atoms with E-state index in [1.54, 1.807) is 6.92 Å². The highest BCUT2D eigenvalue weighted by Crippen LogP contribution is 2.27. The number of rotatable bonds is 8. The van der Waals surface area contributed by atoms with Gasteiger partial charge in [0.05, 0.1) is 19.1 Å². The van der Waals surface area contributed by atoms with Crippen LogP contribution in [-0.2, 0) is 14.3 Å². The molecule has 0 aliphatic carbocycles. The normalized spacial score (nSPS) is 16.6. The van der Waals surface area contributed by atoms with Gasteiger partial charge in [0.25, 0.3) is 0 Å². The summed E-state index contributed by atoms with van der Waals surface area (Å²) in [5.74, 6) is -0.826. The molecule has 4 nitrogen and oxygen atoms in total. The van der Waals surface area contributed by atoms with Crippen LogP contribution in [0.25, 0.3) is 0 Å². The van der Waals surface area contributed by atoms with Gasteiger partial charge in [-0.25, -0.2) is 0 Å². The Bertz CT molecular complexity index is 205. The molecular weight excluding hydrogens is 208 g/mol. The number of aliphatic hydroxyl groups is 1. The van der Waals surface area contributed by atoms with Crippen molar-refractivity contribution in [2.45, 2.75) is 45.6 Å². The third kappa shape index (κ3) is 4.10. The van der Waals surface area contributed by atoms with E-state index in [2.05, 4.69) is 0 Å². The molecule has 1 N–H and O–H groups in total. The van der Waals surface area contributed by atoms with E-state index in [9.17, 15) is 9.90 Å². The number of ether oxygens (including phenoxy) is 2. The molecule has 0 aromatic heterocycles. The van der Waals surface area contributed by atoms with E-state index in [-0.39, 0.29) is 12.6 Å². The number of hydrogen-bond acceptors (Lipinski definition) is 4. The van der Waals surface area contributed by atoms with Gasteiger partial charge < -0.3 is 14.6 Å². The number of carbonyl (C=O) groups excluding carboxylic acids is 1. The summed E-state index contributed by atoms with van der Waals surface area (Å²) in [6.45, 7) is 6.09. The molecule has 0 aliphatic rings. The summed E-state index contributed by atoms with van der Waals surface area (Å²) >= 11 is 0. The Kier molecular flexibility index (Phi) is 7.34. The quantitative estimate of drug-likeness (QED) is 0.648. The van der Waals surface area contributed by atoms with Crippen LogP contribution in [0.3, 0.4) is 0 Å². The lowest BCUT2D eigenvalue weighted by Gasteiger charge is -2.33. The van der Waals surface area contributed by atoms with Crippen LogP contribution in [0.15, 0.2) is 0 Å². The zero-order valence-electron chi connectivity index (χ0n) is 10.8. The van der Waals surface area contributed by atoms with E-state index in [0.717, 1.165) is 6.42 Å². The van der Waals surface area contributed by atoms with Gasteiger partial charge in [0.1, 0.15) is 5.60 Å². The third-order valence-corrected chi connectivity index (χ3v) is 2.80. The Morgan fingerprint density at radius 1 is 1.38 bits per heavy atom. The van der Waals surface area contributed by atoms with Crippen LogP contribution in [0.4, 0.5) is 0 Å². The van der Waals surface area contributed by atoms with Crippen molar-refractivity contribution < 1.29 is 19.4 Å². The molecule has 0 aliphatic heterocycles. The van der Waals surface area contributed by atoms with Gasteiger partial charge in [-0.15, -0.1) is 0 Å². The van der Waals surface area contributed by atoms with E-state index < -0.39 is 11.5 Å². The van der Waals surface area contributed by atoms with Crippen LogP contribution in [0, 0.1) is 5.92 Å². The molecule has 0 saturated heterocycles. The first-order valence-electron chi connectivity index (χ1n) is 5.93. The second-order valence-electron chi connectivity index (χ2n) is 3.98. The van der Waals surface area contributed by atoms with Crippen molar-refractivity contribution in [2.24, 2.45) is 5.92 Å². The molecular formula is C12H24O4. The van der Waals surface area contributed by atoms with Crippen molar-refractivity contribution in [1.29, 1.82) is 0 Å². The average Bonchev–Trinajstić information content (AvgIpc) is 2.26. The minimum absolute atomic E-state index is 0.160. The Morgan fingerprint density at radius 3 is 2.38 bits per heavy atom. The molecule has 0 spiro atoms. The zero-order chi connectivity index (χ0) is 12.6. The Balaban J connectivity index is 4.76. The highest BCUT2D eigenvalue weighted by atomic mass is 16.5. The largest absolute Gasteiger partial charge is 0.466 e. The summed E-state index contributed by atoms with van der Waals surface area (Å²) in [4.78, 5) is 11.8. The lowest BCUT2D eigenvalue weighted by Crippen LogP contribution is -2.46. The molecule has 16 heavy (non-hydrogen) atoms. The van der Waals surface area contributed by atoms with Crippen LogP contribution in [-0.4, -0.2) is 37.0 Å². The number of methoxy groups -OCH3 is 1. The molecule has 0 aromatic carbocycles. The van der Waals surface area contributed by atoms with Crippen LogP contribution >= 0.6 is 0 Å². The van der Waals surface area contributed by atoms with Crippen molar-refractivity contribution in [3.05, 3.63) is 0 Å². The van der Waals surface area contributed by atoms with Crippen molar-refractivity contribution >= 4 is 5.97 Å². The molecule has 2 atom stereocenters. The predicted octanol–water partition coefficient (Wildman–Crippen LogP) is 1.75. The first-order valence-corrected chi connectivity index (χ1v) is 5.93. The van der Waals surface area contributed by atoms with Gasteiger partial charge in [-0.05, 0) is 19.8 Å². The molecule has 0 aromatic rings.